The summed E-state index contributed by atoms with van der Waals surface area (Å²) in [6.07, 6.45) is 5.80. The zero-order chi connectivity index (χ0) is 11.1. The zero-order valence-corrected chi connectivity index (χ0v) is 11.6. The topological polar surface area (TPSA) is 20.2 Å². The van der Waals surface area contributed by atoms with Crippen LogP contribution in [0, 0.1) is 5.92 Å². The molecule has 1 rings (SSSR count). The number of aliphatic hydroxyl groups excluding tert-OH is 1. The van der Waals surface area contributed by atoms with Crippen LogP contribution in [-0.2, 0) is 0 Å². The van der Waals surface area contributed by atoms with Gasteiger partial charge in [-0.25, -0.2) is 0 Å². The minimum Gasteiger partial charge on any atom is -0.393 e. The lowest BCUT2D eigenvalue weighted by Gasteiger charge is -2.26. The lowest BCUT2D eigenvalue weighted by molar-refractivity contribution is 0.103. The summed E-state index contributed by atoms with van der Waals surface area (Å²) in [5.74, 6) is 3.10. The lowest BCUT2D eigenvalue weighted by Crippen LogP contribution is -2.21. The minimum absolute atomic E-state index is 0.0759. The summed E-state index contributed by atoms with van der Waals surface area (Å²) in [5, 5.41) is 9.96. The Balaban J connectivity index is 2.17. The second-order valence-corrected chi connectivity index (χ2v) is 7.37. The molecule has 1 nitrogen and oxygen atoms in total. The van der Waals surface area contributed by atoms with Gasteiger partial charge in [0.25, 0.3) is 0 Å². The third-order valence-corrected chi connectivity index (χ3v) is 5.96. The van der Waals surface area contributed by atoms with Crippen molar-refractivity contribution >= 4 is 23.5 Å². The molecule has 1 aliphatic heterocycles. The van der Waals surface area contributed by atoms with Crippen molar-refractivity contribution in [2.75, 3.05) is 11.5 Å². The van der Waals surface area contributed by atoms with Gasteiger partial charge in [-0.15, -0.1) is 23.5 Å². The summed E-state index contributed by atoms with van der Waals surface area (Å²) in [6.45, 7) is 4.39. The van der Waals surface area contributed by atoms with Crippen molar-refractivity contribution in [1.82, 2.24) is 0 Å². The van der Waals surface area contributed by atoms with E-state index in [1.54, 1.807) is 0 Å². The van der Waals surface area contributed by atoms with Crippen LogP contribution >= 0.6 is 23.5 Å². The smallest absolute Gasteiger partial charge is 0.0566 e. The molecule has 2 atom stereocenters. The first-order valence-electron chi connectivity index (χ1n) is 6.15. The highest BCUT2D eigenvalue weighted by atomic mass is 32.2. The molecule has 0 aliphatic carbocycles. The molecule has 0 saturated carbocycles. The summed E-state index contributed by atoms with van der Waals surface area (Å²) in [5.41, 5.74) is 0. The summed E-state index contributed by atoms with van der Waals surface area (Å²) in [7, 11) is 0. The molecule has 0 unspecified atom stereocenters. The molecule has 0 aromatic rings. The third-order valence-electron chi connectivity index (χ3n) is 2.97. The Hall–Kier alpha value is 0.660. The van der Waals surface area contributed by atoms with E-state index >= 15 is 0 Å². The minimum atomic E-state index is -0.0759. The maximum Gasteiger partial charge on any atom is 0.0566 e. The van der Waals surface area contributed by atoms with Crippen LogP contribution in [0.25, 0.3) is 0 Å². The molecule has 90 valence electrons. The quantitative estimate of drug-likeness (QED) is 0.773. The van der Waals surface area contributed by atoms with Gasteiger partial charge in [-0.3, -0.25) is 0 Å². The van der Waals surface area contributed by atoms with Crippen molar-refractivity contribution < 1.29 is 5.11 Å². The fourth-order valence-corrected chi connectivity index (χ4v) is 5.00. The maximum absolute atomic E-state index is 9.96. The molecular formula is C12H24OS2. The second-order valence-electron chi connectivity index (χ2n) is 4.45. The molecule has 3 heteroatoms. The summed E-state index contributed by atoms with van der Waals surface area (Å²) in [4.78, 5) is 0. The van der Waals surface area contributed by atoms with Crippen LogP contribution in [0.2, 0.25) is 0 Å². The van der Waals surface area contributed by atoms with Crippen LogP contribution in [0.5, 0.6) is 0 Å². The first-order valence-corrected chi connectivity index (χ1v) is 8.25. The van der Waals surface area contributed by atoms with Gasteiger partial charge in [-0.2, -0.15) is 0 Å². The number of aliphatic hydroxyl groups is 1. The van der Waals surface area contributed by atoms with E-state index in [1.807, 2.05) is 0 Å². The van der Waals surface area contributed by atoms with Gasteiger partial charge in [0.1, 0.15) is 0 Å². The SMILES string of the molecule is CCCC[C@@H](O)[C@@H](C)CC1SCCCS1. The Morgan fingerprint density at radius 2 is 2.00 bits per heavy atom. The highest BCUT2D eigenvalue weighted by molar-refractivity contribution is 8.17. The molecule has 0 aromatic heterocycles. The van der Waals surface area contributed by atoms with Gasteiger partial charge in [0.2, 0.25) is 0 Å². The first kappa shape index (κ1) is 13.7. The standard InChI is InChI=1S/C12H24OS2/c1-3-4-6-11(13)10(2)9-12-14-7-5-8-15-12/h10-13H,3-9H2,1-2H3/t10-,11+/m0/s1. The Morgan fingerprint density at radius 1 is 1.33 bits per heavy atom. The Morgan fingerprint density at radius 3 is 2.60 bits per heavy atom. The predicted octanol–water partition coefficient (Wildman–Crippen LogP) is 3.76. The molecule has 0 spiro atoms. The largest absolute Gasteiger partial charge is 0.393 e. The number of hydrogen-bond acceptors (Lipinski definition) is 3. The number of unbranched alkanes of at least 4 members (excludes halogenated alkanes) is 1. The van der Waals surface area contributed by atoms with E-state index < -0.39 is 0 Å². The molecule has 0 radical (unpaired) electrons. The molecule has 1 saturated heterocycles. The maximum atomic E-state index is 9.96. The van der Waals surface area contributed by atoms with Crippen LogP contribution in [0.15, 0.2) is 0 Å². The summed E-state index contributed by atoms with van der Waals surface area (Å²) in [6, 6.07) is 0. The Bertz CT molecular complexity index is 158. The van der Waals surface area contributed by atoms with E-state index in [1.165, 1.54) is 30.8 Å². The first-order chi connectivity index (χ1) is 7.24. The molecule has 1 aliphatic rings. The van der Waals surface area contributed by atoms with Crippen LogP contribution in [0.4, 0.5) is 0 Å². The van der Waals surface area contributed by atoms with Gasteiger partial charge in [-0.1, -0.05) is 26.7 Å². The normalized spacial score (nSPS) is 22.6. The van der Waals surface area contributed by atoms with E-state index in [0.717, 1.165) is 17.4 Å². The fraction of sp³-hybridized carbons (Fsp3) is 1.00. The van der Waals surface area contributed by atoms with Crippen molar-refractivity contribution in [1.29, 1.82) is 0 Å². The molecule has 0 bridgehead atoms. The van der Waals surface area contributed by atoms with Crippen LogP contribution in [0.3, 0.4) is 0 Å². The molecule has 1 N–H and O–H groups in total. The van der Waals surface area contributed by atoms with Crippen LogP contribution in [0.1, 0.15) is 46.0 Å². The van der Waals surface area contributed by atoms with Gasteiger partial charge < -0.3 is 5.11 Å². The lowest BCUT2D eigenvalue weighted by atomic mass is 9.97. The average molecular weight is 248 g/mol. The molecule has 1 heterocycles. The van der Waals surface area contributed by atoms with E-state index in [2.05, 4.69) is 37.4 Å². The summed E-state index contributed by atoms with van der Waals surface area (Å²) >= 11 is 4.17. The molecule has 0 aromatic carbocycles. The Kier molecular flexibility index (Phi) is 7.19. The zero-order valence-electron chi connectivity index (χ0n) is 9.95. The van der Waals surface area contributed by atoms with Gasteiger partial charge >= 0.3 is 0 Å². The van der Waals surface area contributed by atoms with E-state index in [-0.39, 0.29) is 6.10 Å². The van der Waals surface area contributed by atoms with Crippen molar-refractivity contribution in [3.8, 4) is 0 Å². The van der Waals surface area contributed by atoms with E-state index in [4.69, 9.17) is 0 Å². The molecule has 1 fully saturated rings. The van der Waals surface area contributed by atoms with Crippen molar-refractivity contribution in [2.24, 2.45) is 5.92 Å². The monoisotopic (exact) mass is 248 g/mol. The summed E-state index contributed by atoms with van der Waals surface area (Å²) < 4.78 is 0.741. The second kappa shape index (κ2) is 7.86. The van der Waals surface area contributed by atoms with E-state index in [9.17, 15) is 5.11 Å². The number of thioether (sulfide) groups is 2. The van der Waals surface area contributed by atoms with Crippen molar-refractivity contribution in [3.63, 3.8) is 0 Å². The predicted molar refractivity (Wildman–Crippen MR) is 72.6 cm³/mol. The molecule has 15 heavy (non-hydrogen) atoms. The van der Waals surface area contributed by atoms with Crippen molar-refractivity contribution in [3.05, 3.63) is 0 Å². The number of hydrogen-bond donors (Lipinski definition) is 1. The highest BCUT2D eigenvalue weighted by Crippen LogP contribution is 2.35. The van der Waals surface area contributed by atoms with Gasteiger partial charge in [0, 0.05) is 0 Å². The third kappa shape index (κ3) is 5.50. The molecule has 0 amide bonds. The Labute approximate surface area is 103 Å². The van der Waals surface area contributed by atoms with E-state index in [0.29, 0.717) is 5.92 Å². The fourth-order valence-electron chi connectivity index (χ4n) is 1.83. The van der Waals surface area contributed by atoms with Gasteiger partial charge in [0.05, 0.1) is 10.7 Å². The van der Waals surface area contributed by atoms with Gasteiger partial charge in [0.15, 0.2) is 0 Å². The average Bonchev–Trinajstić information content (AvgIpc) is 2.27. The van der Waals surface area contributed by atoms with Gasteiger partial charge in [-0.05, 0) is 36.7 Å². The molecular weight excluding hydrogens is 224 g/mol. The van der Waals surface area contributed by atoms with Crippen LogP contribution < -0.4 is 0 Å². The van der Waals surface area contributed by atoms with Crippen LogP contribution in [-0.4, -0.2) is 27.3 Å². The number of rotatable bonds is 6. The highest BCUT2D eigenvalue weighted by Gasteiger charge is 2.21. The van der Waals surface area contributed by atoms with Crippen molar-refractivity contribution in [2.45, 2.75) is 56.6 Å².